The van der Waals surface area contributed by atoms with Gasteiger partial charge < -0.3 is 4.74 Å². The Labute approximate surface area is 181 Å². The first-order valence-corrected chi connectivity index (χ1v) is 10.4. The number of aromatic nitrogens is 1. The van der Waals surface area contributed by atoms with Crippen molar-refractivity contribution in [2.45, 2.75) is 20.0 Å². The average Bonchev–Trinajstić information content (AvgIpc) is 2.76. The average molecular weight is 425 g/mol. The minimum absolute atomic E-state index is 0.0498. The molecule has 0 spiro atoms. The van der Waals surface area contributed by atoms with Gasteiger partial charge in [0.05, 0.1) is 35.8 Å². The van der Waals surface area contributed by atoms with Gasteiger partial charge in [-0.1, -0.05) is 36.7 Å². The summed E-state index contributed by atoms with van der Waals surface area (Å²) in [6, 6.07) is 11.6. The lowest BCUT2D eigenvalue weighted by Gasteiger charge is -2.35. The molecule has 1 fully saturated rings. The molecule has 1 N–H and O–H groups in total. The molecule has 1 saturated heterocycles. The molecule has 2 aliphatic heterocycles. The molecule has 7 nitrogen and oxygen atoms in total. The van der Waals surface area contributed by atoms with Crippen molar-refractivity contribution in [2.75, 3.05) is 26.3 Å². The SMILES string of the molecule is Cc1cccc(Cl)c1-c1cccc(/C=N\NC2=NC(N3CCOCC3)C(C)C=N2)n1. The highest BCUT2D eigenvalue weighted by Gasteiger charge is 2.27. The number of guanidine groups is 1. The number of halogens is 1. The number of pyridine rings is 1. The number of hydrogen-bond donors (Lipinski definition) is 1. The number of benzene rings is 1. The summed E-state index contributed by atoms with van der Waals surface area (Å²) in [6.07, 6.45) is 3.63. The van der Waals surface area contributed by atoms with E-state index in [4.69, 9.17) is 21.3 Å². The van der Waals surface area contributed by atoms with Crippen LogP contribution < -0.4 is 5.43 Å². The lowest BCUT2D eigenvalue weighted by Crippen LogP contribution is -2.47. The molecule has 2 unspecified atom stereocenters. The minimum atomic E-state index is 0.0498. The largest absolute Gasteiger partial charge is 0.379 e. The Hall–Kier alpha value is -2.61. The molecule has 2 aromatic rings. The topological polar surface area (TPSA) is 74.5 Å². The van der Waals surface area contributed by atoms with Crippen molar-refractivity contribution in [3.8, 4) is 11.3 Å². The van der Waals surface area contributed by atoms with Gasteiger partial charge >= 0.3 is 0 Å². The van der Waals surface area contributed by atoms with Crippen LogP contribution in [-0.4, -0.2) is 60.7 Å². The molecule has 0 amide bonds. The van der Waals surface area contributed by atoms with Gasteiger partial charge in [-0.3, -0.25) is 4.90 Å². The first-order valence-electron chi connectivity index (χ1n) is 10.1. The number of morpholine rings is 1. The van der Waals surface area contributed by atoms with Crippen molar-refractivity contribution in [3.63, 3.8) is 0 Å². The smallest absolute Gasteiger partial charge is 0.240 e. The Kier molecular flexibility index (Phi) is 6.52. The van der Waals surface area contributed by atoms with Crippen LogP contribution in [-0.2, 0) is 4.74 Å². The Morgan fingerprint density at radius 3 is 2.80 bits per heavy atom. The summed E-state index contributed by atoms with van der Waals surface area (Å²) < 4.78 is 5.44. The van der Waals surface area contributed by atoms with Crippen LogP contribution in [0.15, 0.2) is 51.5 Å². The van der Waals surface area contributed by atoms with E-state index < -0.39 is 0 Å². The second kappa shape index (κ2) is 9.47. The van der Waals surface area contributed by atoms with Gasteiger partial charge in [-0.05, 0) is 30.7 Å². The van der Waals surface area contributed by atoms with Crippen molar-refractivity contribution in [1.29, 1.82) is 0 Å². The lowest BCUT2D eigenvalue weighted by molar-refractivity contribution is 0.0126. The number of hydrogen-bond acceptors (Lipinski definition) is 7. The zero-order chi connectivity index (χ0) is 20.9. The highest BCUT2D eigenvalue weighted by molar-refractivity contribution is 6.33. The number of rotatable bonds is 4. The summed E-state index contributed by atoms with van der Waals surface area (Å²) in [5.74, 6) is 0.744. The van der Waals surface area contributed by atoms with Gasteiger partial charge in [-0.25, -0.2) is 20.4 Å². The second-order valence-corrected chi connectivity index (χ2v) is 7.81. The van der Waals surface area contributed by atoms with E-state index in [9.17, 15) is 0 Å². The summed E-state index contributed by atoms with van der Waals surface area (Å²) in [5, 5.41) is 4.98. The molecule has 0 bridgehead atoms. The highest BCUT2D eigenvalue weighted by atomic mass is 35.5. The van der Waals surface area contributed by atoms with Crippen LogP contribution in [0.2, 0.25) is 5.02 Å². The lowest BCUT2D eigenvalue weighted by atomic mass is 10.0. The maximum atomic E-state index is 6.38. The van der Waals surface area contributed by atoms with Crippen LogP contribution in [0, 0.1) is 12.8 Å². The maximum Gasteiger partial charge on any atom is 0.240 e. The van der Waals surface area contributed by atoms with Crippen molar-refractivity contribution < 1.29 is 4.74 Å². The highest BCUT2D eigenvalue weighted by Crippen LogP contribution is 2.29. The molecule has 4 rings (SSSR count). The summed E-state index contributed by atoms with van der Waals surface area (Å²) in [6.45, 7) is 7.38. The molecule has 1 aromatic carbocycles. The molecule has 8 heteroatoms. The van der Waals surface area contributed by atoms with E-state index in [1.54, 1.807) is 6.21 Å². The molecule has 3 heterocycles. The maximum absolute atomic E-state index is 6.38. The molecule has 0 radical (unpaired) electrons. The fourth-order valence-electron chi connectivity index (χ4n) is 3.63. The van der Waals surface area contributed by atoms with Gasteiger partial charge in [0.2, 0.25) is 5.96 Å². The molecule has 2 atom stereocenters. The normalized spacial score (nSPS) is 22.3. The monoisotopic (exact) mass is 424 g/mol. The summed E-state index contributed by atoms with van der Waals surface area (Å²) in [5.41, 5.74) is 6.49. The number of nitrogens with one attached hydrogen (secondary N) is 1. The van der Waals surface area contributed by atoms with E-state index in [1.807, 2.05) is 49.5 Å². The molecular weight excluding hydrogens is 400 g/mol. The molecule has 156 valence electrons. The summed E-state index contributed by atoms with van der Waals surface area (Å²) in [4.78, 5) is 16.1. The molecule has 0 saturated carbocycles. The Morgan fingerprint density at radius 2 is 2.00 bits per heavy atom. The molecule has 1 aromatic heterocycles. The van der Waals surface area contributed by atoms with E-state index in [0.29, 0.717) is 11.0 Å². The molecule has 2 aliphatic rings. The van der Waals surface area contributed by atoms with Crippen molar-refractivity contribution in [1.82, 2.24) is 15.3 Å². The zero-order valence-corrected chi connectivity index (χ0v) is 17.9. The second-order valence-electron chi connectivity index (χ2n) is 7.40. The van der Waals surface area contributed by atoms with E-state index in [-0.39, 0.29) is 12.1 Å². The minimum Gasteiger partial charge on any atom is -0.379 e. The number of hydrazone groups is 1. The fraction of sp³-hybridized carbons (Fsp3) is 0.364. The van der Waals surface area contributed by atoms with Gasteiger partial charge in [-0.2, -0.15) is 5.10 Å². The van der Waals surface area contributed by atoms with Gasteiger partial charge in [0, 0.05) is 30.8 Å². The Balaban J connectivity index is 1.46. The zero-order valence-electron chi connectivity index (χ0n) is 17.1. The van der Waals surface area contributed by atoms with Crippen molar-refractivity contribution >= 4 is 30.0 Å². The number of aryl methyl sites for hydroxylation is 1. The standard InChI is InChI=1S/C22H25ClN6O/c1-15-5-3-7-18(23)20(15)19-8-4-6-17(26-19)14-25-28-22-24-13-16(2)21(27-22)29-9-11-30-12-10-29/h3-8,13-14,16,21H,9-12H2,1-2H3,(H,27,28)/b25-14-. The van der Waals surface area contributed by atoms with Crippen LogP contribution in [0.3, 0.4) is 0 Å². The predicted molar refractivity (Wildman–Crippen MR) is 121 cm³/mol. The van der Waals surface area contributed by atoms with Gasteiger partial charge in [-0.15, -0.1) is 0 Å². The van der Waals surface area contributed by atoms with E-state index in [2.05, 4.69) is 32.3 Å². The van der Waals surface area contributed by atoms with Gasteiger partial charge in [0.1, 0.15) is 6.17 Å². The molecular formula is C22H25ClN6O. The number of nitrogens with zero attached hydrogens (tertiary/aromatic N) is 5. The predicted octanol–water partition coefficient (Wildman–Crippen LogP) is 3.37. The van der Waals surface area contributed by atoms with Crippen LogP contribution in [0.5, 0.6) is 0 Å². The number of aliphatic imine (C=N–C) groups is 2. The van der Waals surface area contributed by atoms with Gasteiger partial charge in [0.25, 0.3) is 0 Å². The molecule has 30 heavy (non-hydrogen) atoms. The fourth-order valence-corrected chi connectivity index (χ4v) is 3.95. The Morgan fingerprint density at radius 1 is 1.20 bits per heavy atom. The van der Waals surface area contributed by atoms with Crippen LogP contribution in [0.1, 0.15) is 18.2 Å². The van der Waals surface area contributed by atoms with E-state index in [1.165, 1.54) is 0 Å². The third-order valence-corrected chi connectivity index (χ3v) is 5.50. The van der Waals surface area contributed by atoms with E-state index in [0.717, 1.165) is 48.8 Å². The summed E-state index contributed by atoms with van der Waals surface area (Å²) >= 11 is 6.38. The van der Waals surface area contributed by atoms with Crippen LogP contribution in [0.25, 0.3) is 11.3 Å². The van der Waals surface area contributed by atoms with Crippen LogP contribution >= 0.6 is 11.6 Å². The van der Waals surface area contributed by atoms with Crippen LogP contribution in [0.4, 0.5) is 0 Å². The first kappa shape index (κ1) is 20.7. The quantitative estimate of drug-likeness (QED) is 0.603. The summed E-state index contributed by atoms with van der Waals surface area (Å²) in [7, 11) is 0. The Bertz CT molecular complexity index is 963. The third kappa shape index (κ3) is 4.75. The van der Waals surface area contributed by atoms with Gasteiger partial charge in [0.15, 0.2) is 0 Å². The van der Waals surface area contributed by atoms with Crippen molar-refractivity contribution in [3.05, 3.63) is 52.7 Å². The number of ether oxygens (including phenoxy) is 1. The van der Waals surface area contributed by atoms with Crippen molar-refractivity contribution in [2.24, 2.45) is 21.0 Å². The third-order valence-electron chi connectivity index (χ3n) is 5.19. The molecule has 0 aliphatic carbocycles. The van der Waals surface area contributed by atoms with E-state index >= 15 is 0 Å². The first-order chi connectivity index (χ1) is 14.6.